The summed E-state index contributed by atoms with van der Waals surface area (Å²) in [5, 5.41) is 0. The average molecular weight is 379 g/mol. The zero-order valence-corrected chi connectivity index (χ0v) is 16.1. The number of allylic oxidation sites excluding steroid dienone is 1. The van der Waals surface area contributed by atoms with Gasteiger partial charge in [-0.15, -0.1) is 6.58 Å². The SMILES string of the molecule is C=CCn1c(=S)sc2c(=O)n(CC(=O)N3CC(C)CC(C)C3)cnc21. The van der Waals surface area contributed by atoms with Crippen molar-refractivity contribution >= 4 is 39.8 Å². The van der Waals surface area contributed by atoms with Crippen LogP contribution in [0, 0.1) is 15.8 Å². The lowest BCUT2D eigenvalue weighted by atomic mass is 9.92. The number of rotatable bonds is 4. The summed E-state index contributed by atoms with van der Waals surface area (Å²) in [6, 6.07) is 0. The number of likely N-dealkylation sites (tertiary alicyclic amines) is 1. The predicted octanol–water partition coefficient (Wildman–Crippen LogP) is 2.68. The second-order valence-electron chi connectivity index (χ2n) is 6.84. The maximum absolute atomic E-state index is 12.7. The molecule has 1 amide bonds. The topological polar surface area (TPSA) is 60.1 Å². The van der Waals surface area contributed by atoms with Gasteiger partial charge in [-0.1, -0.05) is 31.3 Å². The molecule has 0 saturated carbocycles. The maximum Gasteiger partial charge on any atom is 0.273 e. The third-order valence-electron chi connectivity index (χ3n) is 4.48. The third kappa shape index (κ3) is 3.59. The molecule has 25 heavy (non-hydrogen) atoms. The number of carbonyl (C=O) groups excluding carboxylic acids is 1. The minimum atomic E-state index is -0.213. The van der Waals surface area contributed by atoms with Crippen LogP contribution in [-0.4, -0.2) is 38.0 Å². The van der Waals surface area contributed by atoms with E-state index in [4.69, 9.17) is 12.2 Å². The summed E-state index contributed by atoms with van der Waals surface area (Å²) in [6.45, 7) is 10.1. The summed E-state index contributed by atoms with van der Waals surface area (Å²) in [4.78, 5) is 31.6. The lowest BCUT2D eigenvalue weighted by Gasteiger charge is -2.35. The second kappa shape index (κ2) is 7.21. The van der Waals surface area contributed by atoms with Crippen LogP contribution in [0.25, 0.3) is 10.3 Å². The van der Waals surface area contributed by atoms with Crippen LogP contribution in [0.4, 0.5) is 0 Å². The average Bonchev–Trinajstić information content (AvgIpc) is 2.86. The van der Waals surface area contributed by atoms with E-state index < -0.39 is 0 Å². The highest BCUT2D eigenvalue weighted by Gasteiger charge is 2.25. The van der Waals surface area contributed by atoms with Crippen LogP contribution in [-0.2, 0) is 17.9 Å². The molecule has 0 radical (unpaired) electrons. The van der Waals surface area contributed by atoms with Gasteiger partial charge in [0.05, 0.1) is 0 Å². The van der Waals surface area contributed by atoms with Gasteiger partial charge in [-0.25, -0.2) is 4.98 Å². The Balaban J connectivity index is 1.88. The van der Waals surface area contributed by atoms with Gasteiger partial charge in [-0.3, -0.25) is 14.2 Å². The maximum atomic E-state index is 12.7. The van der Waals surface area contributed by atoms with Crippen molar-refractivity contribution in [1.29, 1.82) is 0 Å². The zero-order valence-electron chi connectivity index (χ0n) is 14.5. The van der Waals surface area contributed by atoms with Crippen molar-refractivity contribution in [3.8, 4) is 0 Å². The monoisotopic (exact) mass is 378 g/mol. The minimum Gasteiger partial charge on any atom is -0.341 e. The second-order valence-corrected chi connectivity index (χ2v) is 8.49. The van der Waals surface area contributed by atoms with Crippen molar-refractivity contribution in [3.05, 3.63) is 33.3 Å². The molecule has 0 N–H and O–H groups in total. The number of nitrogens with zero attached hydrogens (tertiary/aromatic N) is 4. The van der Waals surface area contributed by atoms with Crippen molar-refractivity contribution in [2.24, 2.45) is 11.8 Å². The summed E-state index contributed by atoms with van der Waals surface area (Å²) in [6.07, 6.45) is 4.30. The summed E-state index contributed by atoms with van der Waals surface area (Å²) < 4.78 is 4.24. The van der Waals surface area contributed by atoms with E-state index in [1.807, 2.05) is 4.90 Å². The molecule has 6 nitrogen and oxygen atoms in total. The van der Waals surface area contributed by atoms with Gasteiger partial charge in [0.25, 0.3) is 5.56 Å². The molecule has 2 aromatic rings. The van der Waals surface area contributed by atoms with Gasteiger partial charge in [0.1, 0.15) is 17.6 Å². The Kier molecular flexibility index (Phi) is 5.19. The van der Waals surface area contributed by atoms with Crippen molar-refractivity contribution in [1.82, 2.24) is 19.0 Å². The minimum absolute atomic E-state index is 0.0212. The highest BCUT2D eigenvalue weighted by atomic mass is 32.1. The molecule has 2 unspecified atom stereocenters. The number of piperidine rings is 1. The number of thiazole rings is 1. The van der Waals surface area contributed by atoms with Crippen LogP contribution >= 0.6 is 23.6 Å². The standard InChI is InChI=1S/C17H22N4O2S2/c1-4-5-21-15-14(25-17(21)24)16(23)20(10-18-15)9-13(22)19-7-11(2)6-12(3)8-19/h4,10-12H,1,5-9H2,2-3H3. The number of hydrogen-bond acceptors (Lipinski definition) is 5. The van der Waals surface area contributed by atoms with Crippen LogP contribution in [0.3, 0.4) is 0 Å². The molecular formula is C17H22N4O2S2. The molecule has 1 saturated heterocycles. The molecule has 2 aromatic heterocycles. The van der Waals surface area contributed by atoms with E-state index in [0.29, 0.717) is 32.7 Å². The Morgan fingerprint density at radius 1 is 1.44 bits per heavy atom. The van der Waals surface area contributed by atoms with Gasteiger partial charge in [0, 0.05) is 19.6 Å². The van der Waals surface area contributed by atoms with Crippen molar-refractivity contribution < 1.29 is 4.79 Å². The fraction of sp³-hybridized carbons (Fsp3) is 0.529. The lowest BCUT2D eigenvalue weighted by molar-refractivity contribution is -0.134. The van der Waals surface area contributed by atoms with Crippen molar-refractivity contribution in [2.75, 3.05) is 13.1 Å². The molecule has 1 aliphatic heterocycles. The van der Waals surface area contributed by atoms with Crippen molar-refractivity contribution in [2.45, 2.75) is 33.4 Å². The summed E-state index contributed by atoms with van der Waals surface area (Å²) >= 11 is 6.54. The van der Waals surface area contributed by atoms with Gasteiger partial charge in [-0.05, 0) is 30.5 Å². The predicted molar refractivity (Wildman–Crippen MR) is 102 cm³/mol. The smallest absolute Gasteiger partial charge is 0.273 e. The molecule has 0 bridgehead atoms. The Labute approximate surface area is 155 Å². The van der Waals surface area contributed by atoms with E-state index in [-0.39, 0.29) is 18.0 Å². The Morgan fingerprint density at radius 2 is 2.12 bits per heavy atom. The van der Waals surface area contributed by atoms with Gasteiger partial charge < -0.3 is 9.47 Å². The molecule has 1 fully saturated rings. The van der Waals surface area contributed by atoms with Gasteiger partial charge in [0.2, 0.25) is 5.91 Å². The fourth-order valence-corrected chi connectivity index (χ4v) is 4.80. The third-order valence-corrected chi connectivity index (χ3v) is 5.91. The summed E-state index contributed by atoms with van der Waals surface area (Å²) in [5.41, 5.74) is 0.346. The van der Waals surface area contributed by atoms with Crippen LogP contribution in [0.5, 0.6) is 0 Å². The summed E-state index contributed by atoms with van der Waals surface area (Å²) in [7, 11) is 0. The van der Waals surface area contributed by atoms with Crippen LogP contribution in [0.2, 0.25) is 0 Å². The first kappa shape index (κ1) is 18.0. The number of carbonyl (C=O) groups is 1. The first-order valence-electron chi connectivity index (χ1n) is 8.38. The van der Waals surface area contributed by atoms with E-state index in [2.05, 4.69) is 25.4 Å². The number of aromatic nitrogens is 3. The molecule has 8 heteroatoms. The first-order chi connectivity index (χ1) is 11.9. The molecule has 2 atom stereocenters. The van der Waals surface area contributed by atoms with E-state index in [1.165, 1.54) is 22.2 Å². The number of amides is 1. The first-order valence-corrected chi connectivity index (χ1v) is 9.60. The molecule has 3 heterocycles. The zero-order chi connectivity index (χ0) is 18.1. The molecule has 1 aliphatic rings. The highest BCUT2D eigenvalue weighted by molar-refractivity contribution is 7.73. The van der Waals surface area contributed by atoms with Gasteiger partial charge in [-0.2, -0.15) is 0 Å². The Morgan fingerprint density at radius 3 is 2.76 bits per heavy atom. The Hall–Kier alpha value is -1.80. The molecule has 134 valence electrons. The van der Waals surface area contributed by atoms with Crippen molar-refractivity contribution in [3.63, 3.8) is 0 Å². The molecular weight excluding hydrogens is 356 g/mol. The summed E-state index contributed by atoms with van der Waals surface area (Å²) in [5.74, 6) is 0.946. The van der Waals surface area contributed by atoms with Crippen LogP contribution in [0.15, 0.2) is 23.8 Å². The number of hydrogen-bond donors (Lipinski definition) is 0. The quantitative estimate of drug-likeness (QED) is 0.606. The molecule has 0 spiro atoms. The van der Waals surface area contributed by atoms with E-state index in [9.17, 15) is 9.59 Å². The molecule has 0 aromatic carbocycles. The van der Waals surface area contributed by atoms with E-state index in [0.717, 1.165) is 19.5 Å². The van der Waals surface area contributed by atoms with E-state index >= 15 is 0 Å². The number of fused-ring (bicyclic) bond motifs is 1. The van der Waals surface area contributed by atoms with E-state index in [1.54, 1.807) is 10.6 Å². The largest absolute Gasteiger partial charge is 0.341 e. The van der Waals surface area contributed by atoms with Crippen LogP contribution in [0.1, 0.15) is 20.3 Å². The Bertz CT molecular complexity index is 917. The molecule has 0 aliphatic carbocycles. The van der Waals surface area contributed by atoms with Gasteiger partial charge >= 0.3 is 0 Å². The fourth-order valence-electron chi connectivity index (χ4n) is 3.49. The normalized spacial score (nSPS) is 20.8. The lowest BCUT2D eigenvalue weighted by Crippen LogP contribution is -2.44. The van der Waals surface area contributed by atoms with Crippen LogP contribution < -0.4 is 5.56 Å². The molecule has 3 rings (SSSR count). The van der Waals surface area contributed by atoms with Gasteiger partial charge in [0.15, 0.2) is 9.60 Å². The highest BCUT2D eigenvalue weighted by Crippen LogP contribution is 2.21.